The number of hydrogen-bond acceptors (Lipinski definition) is 4. The van der Waals surface area contributed by atoms with E-state index in [-0.39, 0.29) is 11.8 Å². The molecule has 6 nitrogen and oxygen atoms in total. The second kappa shape index (κ2) is 10.1. The van der Waals surface area contributed by atoms with Gasteiger partial charge in [0, 0.05) is 38.0 Å². The Morgan fingerprint density at radius 3 is 2.39 bits per heavy atom. The van der Waals surface area contributed by atoms with Crippen molar-refractivity contribution in [3.05, 3.63) is 70.9 Å². The number of aromatic nitrogens is 1. The fraction of sp³-hybridized carbons (Fsp3) is 0.367. The molecule has 2 aromatic carbocycles. The molecule has 0 radical (unpaired) electrons. The third kappa shape index (κ3) is 4.60. The summed E-state index contributed by atoms with van der Waals surface area (Å²) in [4.78, 5) is 35.0. The van der Waals surface area contributed by atoms with Gasteiger partial charge in [0.2, 0.25) is 5.91 Å². The van der Waals surface area contributed by atoms with Crippen molar-refractivity contribution in [2.45, 2.75) is 33.1 Å². The maximum absolute atomic E-state index is 14.0. The van der Waals surface area contributed by atoms with Crippen molar-refractivity contribution >= 4 is 34.4 Å². The minimum atomic E-state index is 0.0475. The number of para-hydroxylation sites is 1. The molecule has 6 heteroatoms. The first-order chi connectivity index (χ1) is 17.5. The molecule has 1 atom stereocenters. The van der Waals surface area contributed by atoms with Gasteiger partial charge in [0.25, 0.3) is 5.91 Å². The molecule has 2 aliphatic rings. The lowest BCUT2D eigenvalue weighted by molar-refractivity contribution is -0.132. The summed E-state index contributed by atoms with van der Waals surface area (Å²) >= 11 is 0. The predicted molar refractivity (Wildman–Crippen MR) is 143 cm³/mol. The van der Waals surface area contributed by atoms with Gasteiger partial charge < -0.3 is 14.5 Å². The van der Waals surface area contributed by atoms with Crippen LogP contribution in [0.4, 0.5) is 0 Å². The van der Waals surface area contributed by atoms with E-state index >= 15 is 0 Å². The van der Waals surface area contributed by atoms with Crippen LogP contribution < -0.4 is 4.74 Å². The summed E-state index contributed by atoms with van der Waals surface area (Å²) in [6, 6.07) is 16.0. The smallest absolute Gasteiger partial charge is 0.255 e. The molecule has 1 unspecified atom stereocenters. The van der Waals surface area contributed by atoms with Crippen molar-refractivity contribution in [1.29, 1.82) is 0 Å². The summed E-state index contributed by atoms with van der Waals surface area (Å²) < 4.78 is 5.31. The lowest BCUT2D eigenvalue weighted by Gasteiger charge is -2.36. The first-order valence-corrected chi connectivity index (χ1v) is 12.8. The molecular formula is C30H33N3O3. The van der Waals surface area contributed by atoms with Crippen LogP contribution in [-0.2, 0) is 11.2 Å². The fourth-order valence-corrected chi connectivity index (χ4v) is 5.42. The number of fused-ring (bicyclic) bond motifs is 2. The summed E-state index contributed by atoms with van der Waals surface area (Å²) in [5, 5.41) is 0.909. The van der Waals surface area contributed by atoms with Gasteiger partial charge in [-0.3, -0.25) is 9.59 Å². The maximum Gasteiger partial charge on any atom is 0.255 e. The molecule has 2 amide bonds. The Balaban J connectivity index is 1.57. The topological polar surface area (TPSA) is 62.7 Å². The SMILES string of the molecule is CCC(=O)N1CCN(C(=O)c2c3c(nc4ccccc24)/C(=C\c2ccc(OC)cc2)CC(C)C3)CC1. The van der Waals surface area contributed by atoms with Crippen LogP contribution in [0.15, 0.2) is 48.5 Å². The minimum absolute atomic E-state index is 0.0475. The van der Waals surface area contributed by atoms with Crippen molar-refractivity contribution in [1.82, 2.24) is 14.8 Å². The molecule has 0 saturated carbocycles. The van der Waals surface area contributed by atoms with Gasteiger partial charge in [0.15, 0.2) is 0 Å². The number of nitrogens with zero attached hydrogens (tertiary/aromatic N) is 3. The first-order valence-electron chi connectivity index (χ1n) is 12.8. The van der Waals surface area contributed by atoms with Crippen LogP contribution in [0.3, 0.4) is 0 Å². The van der Waals surface area contributed by atoms with Crippen LogP contribution in [0, 0.1) is 5.92 Å². The molecule has 1 aliphatic carbocycles. The van der Waals surface area contributed by atoms with Gasteiger partial charge in [-0.25, -0.2) is 4.98 Å². The van der Waals surface area contributed by atoms with Crippen molar-refractivity contribution in [2.24, 2.45) is 5.92 Å². The summed E-state index contributed by atoms with van der Waals surface area (Å²) in [6.07, 6.45) is 4.43. The number of hydrogen-bond donors (Lipinski definition) is 0. The van der Waals surface area contributed by atoms with Gasteiger partial charge in [-0.2, -0.15) is 0 Å². The van der Waals surface area contributed by atoms with Crippen LogP contribution in [0.2, 0.25) is 0 Å². The molecule has 0 spiro atoms. The number of carbonyl (C=O) groups excluding carboxylic acids is 2. The maximum atomic E-state index is 14.0. The summed E-state index contributed by atoms with van der Waals surface area (Å²) in [5.41, 5.74) is 5.85. The van der Waals surface area contributed by atoms with Crippen molar-refractivity contribution in [3.63, 3.8) is 0 Å². The molecule has 36 heavy (non-hydrogen) atoms. The van der Waals surface area contributed by atoms with Crippen LogP contribution >= 0.6 is 0 Å². The lowest BCUT2D eigenvalue weighted by atomic mass is 9.80. The van der Waals surface area contributed by atoms with E-state index in [1.54, 1.807) is 7.11 Å². The molecule has 1 aromatic heterocycles. The van der Waals surface area contributed by atoms with E-state index in [9.17, 15) is 9.59 Å². The largest absolute Gasteiger partial charge is 0.497 e. The molecule has 3 aromatic rings. The van der Waals surface area contributed by atoms with Gasteiger partial charge in [0.05, 0.1) is 23.9 Å². The molecule has 1 fully saturated rings. The highest BCUT2D eigenvalue weighted by molar-refractivity contribution is 6.09. The van der Waals surface area contributed by atoms with E-state index in [1.165, 1.54) is 0 Å². The van der Waals surface area contributed by atoms with Crippen LogP contribution in [0.1, 0.15) is 53.9 Å². The normalized spacial score (nSPS) is 18.9. The lowest BCUT2D eigenvalue weighted by Crippen LogP contribution is -2.50. The number of allylic oxidation sites excluding steroid dienone is 1. The molecule has 0 bridgehead atoms. The highest BCUT2D eigenvalue weighted by Gasteiger charge is 2.31. The number of methoxy groups -OCH3 is 1. The van der Waals surface area contributed by atoms with Crippen LogP contribution in [0.25, 0.3) is 22.6 Å². The molecule has 5 rings (SSSR count). The Morgan fingerprint density at radius 2 is 1.69 bits per heavy atom. The minimum Gasteiger partial charge on any atom is -0.497 e. The fourth-order valence-electron chi connectivity index (χ4n) is 5.42. The van der Waals surface area contributed by atoms with E-state index in [0.717, 1.165) is 57.5 Å². The Morgan fingerprint density at radius 1 is 1.00 bits per heavy atom. The Bertz CT molecular complexity index is 1320. The third-order valence-corrected chi connectivity index (χ3v) is 7.31. The number of benzene rings is 2. The molecule has 2 heterocycles. The summed E-state index contributed by atoms with van der Waals surface area (Å²) in [6.45, 7) is 6.41. The van der Waals surface area contributed by atoms with E-state index in [2.05, 4.69) is 25.1 Å². The van der Waals surface area contributed by atoms with E-state index in [0.29, 0.717) is 38.5 Å². The van der Waals surface area contributed by atoms with Crippen LogP contribution in [-0.4, -0.2) is 59.9 Å². The number of carbonyl (C=O) groups is 2. The van der Waals surface area contributed by atoms with E-state index < -0.39 is 0 Å². The highest BCUT2D eigenvalue weighted by Crippen LogP contribution is 2.39. The number of amides is 2. The third-order valence-electron chi connectivity index (χ3n) is 7.31. The number of piperazine rings is 1. The van der Waals surface area contributed by atoms with Gasteiger partial charge in [-0.15, -0.1) is 0 Å². The van der Waals surface area contributed by atoms with E-state index in [4.69, 9.17) is 9.72 Å². The predicted octanol–water partition coefficient (Wildman–Crippen LogP) is 5.06. The number of rotatable bonds is 4. The quantitative estimate of drug-likeness (QED) is 0.520. The molecule has 186 valence electrons. The molecular weight excluding hydrogens is 450 g/mol. The van der Waals surface area contributed by atoms with Gasteiger partial charge in [-0.05, 0) is 59.7 Å². The monoisotopic (exact) mass is 483 g/mol. The zero-order valence-electron chi connectivity index (χ0n) is 21.3. The van der Waals surface area contributed by atoms with Gasteiger partial charge >= 0.3 is 0 Å². The Hall–Kier alpha value is -3.67. The number of pyridine rings is 1. The number of ether oxygens (including phenoxy) is 1. The van der Waals surface area contributed by atoms with Crippen LogP contribution in [0.5, 0.6) is 5.75 Å². The molecule has 1 saturated heterocycles. The summed E-state index contributed by atoms with van der Waals surface area (Å²) in [7, 11) is 1.67. The van der Waals surface area contributed by atoms with Crippen molar-refractivity contribution in [2.75, 3.05) is 33.3 Å². The van der Waals surface area contributed by atoms with E-state index in [1.807, 2.05) is 53.1 Å². The average Bonchev–Trinajstić information content (AvgIpc) is 2.91. The first kappa shape index (κ1) is 24.0. The van der Waals surface area contributed by atoms with Crippen molar-refractivity contribution < 1.29 is 14.3 Å². The highest BCUT2D eigenvalue weighted by atomic mass is 16.5. The second-order valence-electron chi connectivity index (χ2n) is 9.81. The average molecular weight is 484 g/mol. The van der Waals surface area contributed by atoms with Gasteiger partial charge in [-0.1, -0.05) is 44.2 Å². The zero-order chi connectivity index (χ0) is 25.2. The Kier molecular flexibility index (Phi) is 6.77. The van der Waals surface area contributed by atoms with Gasteiger partial charge in [0.1, 0.15) is 5.75 Å². The zero-order valence-corrected chi connectivity index (χ0v) is 21.3. The second-order valence-corrected chi connectivity index (χ2v) is 9.81. The molecule has 0 N–H and O–H groups in total. The summed E-state index contributed by atoms with van der Waals surface area (Å²) in [5.74, 6) is 1.42. The Labute approximate surface area is 212 Å². The molecule has 1 aliphatic heterocycles. The standard InChI is InChI=1S/C30H33N3O3/c1-4-27(34)32-13-15-33(16-14-32)30(35)28-24-7-5-6-8-26(24)31-29-22(17-20(2)18-25(28)29)19-21-9-11-23(36-3)12-10-21/h5-12,19-20H,4,13-18H2,1-3H3/b22-19-. The van der Waals surface area contributed by atoms with Crippen molar-refractivity contribution in [3.8, 4) is 5.75 Å².